The highest BCUT2D eigenvalue weighted by atomic mass is 16.5. The van der Waals surface area contributed by atoms with E-state index < -0.39 is 53.7 Å². The molecule has 1 aromatic rings. The lowest BCUT2D eigenvalue weighted by Gasteiger charge is -2.33. The number of rotatable bonds is 16. The highest BCUT2D eigenvalue weighted by molar-refractivity contribution is 5.97. The van der Waals surface area contributed by atoms with Gasteiger partial charge in [-0.2, -0.15) is 0 Å². The number of guanidine groups is 1. The summed E-state index contributed by atoms with van der Waals surface area (Å²) >= 11 is 0. The van der Waals surface area contributed by atoms with Crippen molar-refractivity contribution in [3.05, 3.63) is 18.0 Å². The van der Waals surface area contributed by atoms with Crippen molar-refractivity contribution < 1.29 is 28.5 Å². The van der Waals surface area contributed by atoms with Crippen molar-refractivity contribution in [2.24, 2.45) is 34.0 Å². The quantitative estimate of drug-likeness (QED) is 0.0753. The number of nitrogens with one attached hydrogen (secondary N) is 4. The molecule has 5 amide bonds. The Kier molecular flexibility index (Phi) is 14.1. The maximum Gasteiger partial charge on any atom is 0.290 e. The Hall–Kier alpha value is -4.17. The third-order valence-corrected chi connectivity index (χ3v) is 8.64. The lowest BCUT2D eigenvalue weighted by atomic mass is 9.82. The van der Waals surface area contributed by atoms with Crippen LogP contribution in [0.4, 0.5) is 0 Å². The fourth-order valence-corrected chi connectivity index (χ4v) is 6.12. The Balaban J connectivity index is 1.69. The number of amides is 5. The van der Waals surface area contributed by atoms with E-state index in [1.54, 1.807) is 0 Å². The van der Waals surface area contributed by atoms with Crippen molar-refractivity contribution in [1.82, 2.24) is 26.4 Å². The molecule has 0 spiro atoms. The molecule has 0 bridgehead atoms. The molecule has 1 heterocycles. The molecular weight excluding hydrogens is 582 g/mol. The fraction of sp³-hybridized carbons (Fsp3) is 0.700. The molecule has 0 radical (unpaired) electrons. The molecule has 10 N–H and O–H groups in total. The van der Waals surface area contributed by atoms with Crippen LogP contribution in [0.3, 0.4) is 0 Å². The molecule has 2 aliphatic carbocycles. The summed E-state index contributed by atoms with van der Waals surface area (Å²) in [4.78, 5) is 69.1. The van der Waals surface area contributed by atoms with E-state index in [9.17, 15) is 24.0 Å². The summed E-state index contributed by atoms with van der Waals surface area (Å²) in [6.07, 6.45) is 11.9. The first kappa shape index (κ1) is 35.3. The van der Waals surface area contributed by atoms with Crippen LogP contribution in [0.5, 0.6) is 0 Å². The Labute approximate surface area is 263 Å². The summed E-state index contributed by atoms with van der Waals surface area (Å²) in [5.74, 6) is -2.85. The summed E-state index contributed by atoms with van der Waals surface area (Å²) in [6.45, 7) is 1.76. The van der Waals surface area contributed by atoms with Crippen molar-refractivity contribution in [2.45, 2.75) is 115 Å². The first-order chi connectivity index (χ1) is 21.5. The van der Waals surface area contributed by atoms with Gasteiger partial charge in [0.25, 0.3) is 5.91 Å². The lowest BCUT2D eigenvalue weighted by Crippen LogP contribution is -2.59. The number of aliphatic imine (C=N–C) groups is 1. The Morgan fingerprint density at radius 3 is 2.13 bits per heavy atom. The van der Waals surface area contributed by atoms with Crippen LogP contribution in [0.1, 0.15) is 101 Å². The molecule has 0 aromatic carbocycles. The second kappa shape index (κ2) is 18.0. The maximum absolute atomic E-state index is 13.8. The zero-order valence-electron chi connectivity index (χ0n) is 26.1. The topological polar surface area (TPSA) is 250 Å². The van der Waals surface area contributed by atoms with Gasteiger partial charge in [-0.25, -0.2) is 0 Å². The largest absolute Gasteiger partial charge is 0.370 e. The number of primary amides is 1. The van der Waals surface area contributed by atoms with Gasteiger partial charge in [0, 0.05) is 12.6 Å². The normalized spacial score (nSPS) is 18.4. The van der Waals surface area contributed by atoms with Gasteiger partial charge in [-0.05, 0) is 50.9 Å². The van der Waals surface area contributed by atoms with E-state index in [2.05, 4.69) is 31.4 Å². The predicted molar refractivity (Wildman–Crippen MR) is 166 cm³/mol. The number of hydrogen-bond acceptors (Lipinski definition) is 8. The van der Waals surface area contributed by atoms with Crippen LogP contribution < -0.4 is 38.5 Å². The number of nitrogens with zero attached hydrogens (tertiary/aromatic N) is 2. The van der Waals surface area contributed by atoms with E-state index in [1.807, 2.05) is 0 Å². The molecule has 2 aliphatic rings. The molecule has 250 valence electrons. The summed E-state index contributed by atoms with van der Waals surface area (Å²) in [6, 6.07) is -2.39. The highest BCUT2D eigenvalue weighted by Crippen LogP contribution is 2.29. The average Bonchev–Trinajstić information content (AvgIpc) is 3.57. The maximum atomic E-state index is 13.8. The summed E-state index contributed by atoms with van der Waals surface area (Å²) in [5, 5.41) is 14.6. The molecule has 15 heteroatoms. The van der Waals surface area contributed by atoms with Crippen LogP contribution in [0, 0.1) is 11.8 Å². The molecule has 2 saturated carbocycles. The van der Waals surface area contributed by atoms with Gasteiger partial charge in [0.15, 0.2) is 5.96 Å². The molecule has 45 heavy (non-hydrogen) atoms. The third kappa shape index (κ3) is 11.7. The number of nitrogens with two attached hydrogens (primary N) is 3. The Morgan fingerprint density at radius 1 is 0.867 bits per heavy atom. The molecule has 4 atom stereocenters. The first-order valence-corrected chi connectivity index (χ1v) is 16.0. The van der Waals surface area contributed by atoms with Crippen LogP contribution in [0.15, 0.2) is 21.8 Å². The first-order valence-electron chi connectivity index (χ1n) is 16.0. The van der Waals surface area contributed by atoms with E-state index in [4.69, 9.17) is 21.7 Å². The number of carbonyl (C=O) groups excluding carboxylic acids is 5. The summed E-state index contributed by atoms with van der Waals surface area (Å²) < 4.78 is 4.99. The van der Waals surface area contributed by atoms with Crippen LogP contribution >= 0.6 is 0 Å². The SMILES string of the molecule is C[C@H](NC(=O)[C@@H](NC(=O)[C@H](CC1CCCCC1)NC(=O)c1ccno1)C1CCCCC1)C(=O)N[C@@H](CCCN=C(N)N)C(N)=O. The second-order valence-corrected chi connectivity index (χ2v) is 12.2. The second-order valence-electron chi connectivity index (χ2n) is 12.2. The number of carbonyl (C=O) groups is 5. The van der Waals surface area contributed by atoms with Gasteiger partial charge in [-0.3, -0.25) is 29.0 Å². The Morgan fingerprint density at radius 2 is 1.53 bits per heavy atom. The molecular formula is C30H49N9O6. The van der Waals surface area contributed by atoms with Crippen molar-refractivity contribution in [1.29, 1.82) is 0 Å². The Bertz CT molecular complexity index is 1160. The predicted octanol–water partition coefficient (Wildman–Crippen LogP) is 0.337. The van der Waals surface area contributed by atoms with E-state index in [-0.39, 0.29) is 36.5 Å². The number of hydrogen-bond donors (Lipinski definition) is 7. The molecule has 1 aromatic heterocycles. The summed E-state index contributed by atoms with van der Waals surface area (Å²) in [7, 11) is 0. The average molecular weight is 632 g/mol. The van der Waals surface area contributed by atoms with Gasteiger partial charge in [0.1, 0.15) is 24.2 Å². The molecule has 0 saturated heterocycles. The highest BCUT2D eigenvalue weighted by Gasteiger charge is 2.36. The van der Waals surface area contributed by atoms with Crippen LogP contribution in [-0.4, -0.2) is 71.4 Å². The van der Waals surface area contributed by atoms with Gasteiger partial charge < -0.3 is 43.0 Å². The minimum Gasteiger partial charge on any atom is -0.370 e. The third-order valence-electron chi connectivity index (χ3n) is 8.64. The standard InChI is InChI=1S/C30H49N9O6/c1-18(26(41)37-21(25(31)40)13-8-15-34-30(32)33)36-29(44)24(20-11-6-3-7-12-20)39-27(42)22(17-19-9-4-2-5-10-19)38-28(43)23-14-16-35-45-23/h14,16,18-22,24H,2-13,15,17H2,1H3,(H2,31,40)(H,36,44)(H,37,41)(H,38,43)(H,39,42)(H4,32,33,34)/t18-,21-,22-,24-/m0/s1. The smallest absolute Gasteiger partial charge is 0.290 e. The van der Waals surface area contributed by atoms with Crippen LogP contribution in [0.25, 0.3) is 0 Å². The molecule has 2 fully saturated rings. The van der Waals surface area contributed by atoms with E-state index in [1.165, 1.54) is 19.2 Å². The van der Waals surface area contributed by atoms with Gasteiger partial charge in [0.05, 0.1) is 6.20 Å². The minimum atomic E-state index is -1.02. The zero-order chi connectivity index (χ0) is 32.8. The van der Waals surface area contributed by atoms with Gasteiger partial charge in [0.2, 0.25) is 29.4 Å². The van der Waals surface area contributed by atoms with Crippen LogP contribution in [0.2, 0.25) is 0 Å². The van der Waals surface area contributed by atoms with Crippen molar-refractivity contribution in [3.63, 3.8) is 0 Å². The molecule has 0 unspecified atom stereocenters. The number of aromatic nitrogens is 1. The summed E-state index contributed by atoms with van der Waals surface area (Å²) in [5.41, 5.74) is 16.1. The van der Waals surface area contributed by atoms with Gasteiger partial charge >= 0.3 is 0 Å². The van der Waals surface area contributed by atoms with E-state index >= 15 is 0 Å². The zero-order valence-corrected chi connectivity index (χ0v) is 26.1. The van der Waals surface area contributed by atoms with Gasteiger partial charge in [-0.1, -0.05) is 56.5 Å². The van der Waals surface area contributed by atoms with Crippen LogP contribution in [-0.2, 0) is 19.2 Å². The molecule has 15 nitrogen and oxygen atoms in total. The lowest BCUT2D eigenvalue weighted by molar-refractivity contribution is -0.134. The van der Waals surface area contributed by atoms with E-state index in [0.717, 1.165) is 64.2 Å². The van der Waals surface area contributed by atoms with Crippen molar-refractivity contribution >= 4 is 35.5 Å². The fourth-order valence-electron chi connectivity index (χ4n) is 6.12. The molecule has 0 aliphatic heterocycles. The van der Waals surface area contributed by atoms with E-state index in [0.29, 0.717) is 12.8 Å². The van der Waals surface area contributed by atoms with Gasteiger partial charge in [-0.15, -0.1) is 0 Å². The van der Waals surface area contributed by atoms with Crippen molar-refractivity contribution in [3.8, 4) is 0 Å². The molecule has 3 rings (SSSR count). The minimum absolute atomic E-state index is 0.0108. The monoisotopic (exact) mass is 631 g/mol. The van der Waals surface area contributed by atoms with Crippen molar-refractivity contribution in [2.75, 3.05) is 6.54 Å².